The Bertz CT molecular complexity index is 2500. The third kappa shape index (κ3) is 8.67. The normalized spacial score (nSPS) is 25.9. The summed E-state index contributed by atoms with van der Waals surface area (Å²) in [6.07, 6.45) is 8.71. The number of anilines is 1. The van der Waals surface area contributed by atoms with Crippen molar-refractivity contribution in [2.75, 3.05) is 19.0 Å². The van der Waals surface area contributed by atoms with Gasteiger partial charge < -0.3 is 19.7 Å². The maximum absolute atomic E-state index is 15.0. The SMILES string of the molecule is COc1ccc2c(O[C@@H]3C[C@H]4C(=O)C[C@]5(C(=O)NS(=O)(=O)C6(C)CC6)C[C@@H]5/C=C\CCCCC[C@H](Nc5cccc(C)c5)C(=O)N4C3)cc(-c3nc(C(C)C)cs3)nc2c1C. The molecule has 0 unspecified atom stereocenters. The van der Waals surface area contributed by atoms with Gasteiger partial charge in [-0.25, -0.2) is 18.4 Å². The maximum atomic E-state index is 15.0. The number of Topliss-reactive ketones (excluding diaryl/α,β-unsaturated/α-hetero) is 1. The Balaban J connectivity index is 1.15. The zero-order chi connectivity index (χ0) is 43.3. The third-order valence-electron chi connectivity index (χ3n) is 13.2. The number of aromatic nitrogens is 2. The van der Waals surface area contributed by atoms with E-state index in [1.807, 2.05) is 67.8 Å². The Kier molecular flexibility index (Phi) is 11.8. The summed E-state index contributed by atoms with van der Waals surface area (Å²) in [5.41, 5.74) is 3.81. The Labute approximate surface area is 363 Å². The van der Waals surface area contributed by atoms with Gasteiger partial charge in [0.05, 0.1) is 41.1 Å². The van der Waals surface area contributed by atoms with E-state index in [1.165, 1.54) is 11.3 Å². The standard InChI is InChI=1S/C47H57N5O7S2/c1-28(2)37-27-60-43(50-37)36-23-41(34-17-18-40(58-6)30(4)42(34)49-36)59-33-22-38-39(53)25-47(45(55)51-61(56,57)46(5)19-20-46)24-31(47)14-10-8-7-9-11-16-35(44(54)52(38)26-33)48-32-15-12-13-29(3)21-32/h10,12-15,17-18,21,23,27-28,31,33,35,38,48H,7-9,11,16,19-20,22,24-26H2,1-6H3,(H,51,55)/b14-10-/t31-,33+,35-,38-,47+/m0/s1. The summed E-state index contributed by atoms with van der Waals surface area (Å²) in [4.78, 5) is 55.6. The van der Waals surface area contributed by atoms with Gasteiger partial charge >= 0.3 is 0 Å². The van der Waals surface area contributed by atoms with Crippen LogP contribution in [0.3, 0.4) is 0 Å². The van der Waals surface area contributed by atoms with E-state index in [0.29, 0.717) is 48.4 Å². The van der Waals surface area contributed by atoms with Crippen molar-refractivity contribution in [3.63, 3.8) is 0 Å². The summed E-state index contributed by atoms with van der Waals surface area (Å²) in [5.74, 6) is 0.0562. The fourth-order valence-electron chi connectivity index (χ4n) is 8.88. The average molecular weight is 868 g/mol. The quantitative estimate of drug-likeness (QED) is 0.148. The summed E-state index contributed by atoms with van der Waals surface area (Å²) < 4.78 is 40.7. The lowest BCUT2D eigenvalue weighted by Gasteiger charge is -2.30. The molecule has 8 rings (SSSR count). The predicted octanol–water partition coefficient (Wildman–Crippen LogP) is 8.42. The van der Waals surface area contributed by atoms with Crippen LogP contribution in [-0.2, 0) is 24.4 Å². The van der Waals surface area contributed by atoms with Gasteiger partial charge in [-0.05, 0) is 101 Å². The van der Waals surface area contributed by atoms with Crippen LogP contribution in [0.4, 0.5) is 5.69 Å². The van der Waals surface area contributed by atoms with E-state index in [4.69, 9.17) is 19.4 Å². The highest BCUT2D eigenvalue weighted by Gasteiger charge is 2.62. The number of nitrogens with one attached hydrogen (secondary N) is 2. The number of ketones is 1. The van der Waals surface area contributed by atoms with Crippen LogP contribution in [0.25, 0.3) is 21.6 Å². The number of sulfonamides is 1. The number of allylic oxidation sites excluding steroid dienone is 2. The van der Waals surface area contributed by atoms with Crippen LogP contribution in [0, 0.1) is 25.2 Å². The minimum Gasteiger partial charge on any atom is -0.496 e. The average Bonchev–Trinajstić information content (AvgIpc) is 3.99. The number of thiazole rings is 1. The van der Waals surface area contributed by atoms with Crippen molar-refractivity contribution < 1.29 is 32.3 Å². The molecule has 2 saturated carbocycles. The van der Waals surface area contributed by atoms with Crippen LogP contribution in [0.2, 0.25) is 0 Å². The van der Waals surface area contributed by atoms with E-state index < -0.39 is 44.3 Å². The van der Waals surface area contributed by atoms with Gasteiger partial charge in [0, 0.05) is 40.9 Å². The number of hydrogen-bond acceptors (Lipinski definition) is 11. The number of fused-ring (bicyclic) bond motifs is 3. The lowest BCUT2D eigenvalue weighted by atomic mass is 9.91. The number of ether oxygens (including phenoxy) is 2. The highest BCUT2D eigenvalue weighted by atomic mass is 32.2. The van der Waals surface area contributed by atoms with Crippen molar-refractivity contribution in [3.8, 4) is 22.2 Å². The smallest absolute Gasteiger partial charge is 0.245 e. The molecule has 5 atom stereocenters. The second-order valence-electron chi connectivity index (χ2n) is 18.1. The Hall–Kier alpha value is -4.82. The fourth-order valence-corrected chi connectivity index (χ4v) is 11.2. The highest BCUT2D eigenvalue weighted by Crippen LogP contribution is 2.57. The molecule has 0 bridgehead atoms. The molecule has 2 amide bonds. The number of rotatable bonds is 10. The van der Waals surface area contributed by atoms with Crippen molar-refractivity contribution in [1.29, 1.82) is 0 Å². The molecule has 12 nitrogen and oxygen atoms in total. The van der Waals surface area contributed by atoms with Crippen LogP contribution in [0.5, 0.6) is 11.5 Å². The molecule has 0 radical (unpaired) electrons. The van der Waals surface area contributed by atoms with E-state index >= 15 is 0 Å². The molecule has 2 aromatic carbocycles. The lowest BCUT2D eigenvalue weighted by Crippen LogP contribution is -2.49. The molecule has 1 saturated heterocycles. The van der Waals surface area contributed by atoms with Gasteiger partial charge in [-0.15, -0.1) is 11.3 Å². The van der Waals surface area contributed by atoms with Crippen molar-refractivity contribution in [3.05, 3.63) is 76.8 Å². The molecule has 4 heterocycles. The minimum atomic E-state index is -3.94. The predicted molar refractivity (Wildman–Crippen MR) is 238 cm³/mol. The molecular formula is C47H57N5O7S2. The van der Waals surface area contributed by atoms with Gasteiger partial charge in [0.25, 0.3) is 0 Å². The van der Waals surface area contributed by atoms with Crippen LogP contribution < -0.4 is 19.5 Å². The summed E-state index contributed by atoms with van der Waals surface area (Å²) in [5, 5.41) is 7.06. The number of amides is 2. The van der Waals surface area contributed by atoms with Crippen molar-refractivity contribution >= 4 is 55.5 Å². The molecule has 2 aliphatic carbocycles. The molecule has 2 N–H and O–H groups in total. The van der Waals surface area contributed by atoms with E-state index in [0.717, 1.165) is 58.6 Å². The van der Waals surface area contributed by atoms with E-state index in [-0.39, 0.29) is 42.9 Å². The third-order valence-corrected chi connectivity index (χ3v) is 16.2. The van der Waals surface area contributed by atoms with Crippen LogP contribution >= 0.6 is 11.3 Å². The summed E-state index contributed by atoms with van der Waals surface area (Å²) in [6, 6.07) is 12.1. The maximum Gasteiger partial charge on any atom is 0.245 e. The number of nitrogens with zero attached hydrogens (tertiary/aromatic N) is 3. The first-order chi connectivity index (χ1) is 29.1. The van der Waals surface area contributed by atoms with E-state index in [9.17, 15) is 22.8 Å². The number of benzene rings is 2. The minimum absolute atomic E-state index is 0.138. The number of carbonyl (C=O) groups excluding carboxylic acids is 3. The van der Waals surface area contributed by atoms with Crippen LogP contribution in [-0.4, -0.2) is 77.5 Å². The van der Waals surface area contributed by atoms with Gasteiger partial charge in [-0.2, -0.15) is 0 Å². The highest BCUT2D eigenvalue weighted by molar-refractivity contribution is 7.91. The topological polar surface area (TPSA) is 157 Å². The first-order valence-corrected chi connectivity index (χ1v) is 24.0. The Morgan fingerprint density at radius 1 is 1.03 bits per heavy atom. The summed E-state index contributed by atoms with van der Waals surface area (Å²) in [7, 11) is -2.31. The zero-order valence-electron chi connectivity index (χ0n) is 36.0. The fraction of sp³-hybridized carbons (Fsp3) is 0.511. The zero-order valence-corrected chi connectivity index (χ0v) is 37.6. The summed E-state index contributed by atoms with van der Waals surface area (Å²) in [6.45, 7) is 9.94. The molecule has 61 heavy (non-hydrogen) atoms. The van der Waals surface area contributed by atoms with Gasteiger partial charge in [0.1, 0.15) is 34.3 Å². The Morgan fingerprint density at radius 3 is 2.56 bits per heavy atom. The number of methoxy groups -OCH3 is 1. The van der Waals surface area contributed by atoms with Gasteiger partial charge in [-0.3, -0.25) is 19.1 Å². The molecule has 2 aromatic heterocycles. The first-order valence-electron chi connectivity index (χ1n) is 21.6. The molecule has 14 heteroatoms. The molecule has 4 aliphatic rings. The number of hydrogen-bond donors (Lipinski definition) is 2. The number of carbonyl (C=O) groups is 3. The lowest BCUT2D eigenvalue weighted by molar-refractivity contribution is -0.139. The van der Waals surface area contributed by atoms with Crippen LogP contribution in [0.1, 0.15) is 108 Å². The molecule has 4 aromatic rings. The molecule has 2 aliphatic heterocycles. The number of pyridine rings is 1. The second kappa shape index (κ2) is 16.8. The van der Waals surface area contributed by atoms with Gasteiger partial charge in [0.2, 0.25) is 21.8 Å². The van der Waals surface area contributed by atoms with E-state index in [1.54, 1.807) is 18.9 Å². The van der Waals surface area contributed by atoms with Crippen molar-refractivity contribution in [1.82, 2.24) is 19.6 Å². The molecular weight excluding hydrogens is 811 g/mol. The van der Waals surface area contributed by atoms with Crippen molar-refractivity contribution in [2.24, 2.45) is 11.3 Å². The van der Waals surface area contributed by atoms with Crippen molar-refractivity contribution in [2.45, 2.75) is 128 Å². The second-order valence-corrected chi connectivity index (χ2v) is 21.2. The number of aryl methyl sites for hydroxylation is 2. The molecule has 324 valence electrons. The molecule has 0 spiro atoms. The molecule has 3 fully saturated rings. The first kappa shape index (κ1) is 42.9. The van der Waals surface area contributed by atoms with Gasteiger partial charge in [0.15, 0.2) is 5.78 Å². The largest absolute Gasteiger partial charge is 0.496 e. The Morgan fingerprint density at radius 2 is 1.84 bits per heavy atom. The van der Waals surface area contributed by atoms with E-state index in [2.05, 4.69) is 30.0 Å². The monoisotopic (exact) mass is 867 g/mol. The van der Waals surface area contributed by atoms with Crippen LogP contribution in [0.15, 0.2) is 60.0 Å². The van der Waals surface area contributed by atoms with Gasteiger partial charge in [-0.1, -0.05) is 51.0 Å². The summed E-state index contributed by atoms with van der Waals surface area (Å²) >= 11 is 1.52.